The molecule has 1 saturated carbocycles. The molecular weight excluding hydrogens is 351 g/mol. The third-order valence-electron chi connectivity index (χ3n) is 4.84. The van der Waals surface area contributed by atoms with E-state index in [1.807, 2.05) is 20.8 Å². The van der Waals surface area contributed by atoms with Crippen LogP contribution < -0.4 is 5.32 Å². The summed E-state index contributed by atoms with van der Waals surface area (Å²) >= 11 is 0. The number of fused-ring (bicyclic) bond motifs is 1. The quantitative estimate of drug-likeness (QED) is 0.856. The molecule has 1 fully saturated rings. The zero-order chi connectivity index (χ0) is 19.4. The number of nitrogens with zero attached hydrogens (tertiary/aromatic N) is 4. The van der Waals surface area contributed by atoms with E-state index in [-0.39, 0.29) is 5.54 Å². The molecule has 0 spiro atoms. The largest absolute Gasteiger partial charge is 0.417 e. The Morgan fingerprint density at radius 2 is 1.92 bits per heavy atom. The topological polar surface area (TPSA) is 85.1 Å². The van der Waals surface area contributed by atoms with Crippen LogP contribution in [-0.2, 0) is 10.3 Å². The minimum absolute atomic E-state index is 0.319. The molecule has 2 N–H and O–H groups in total. The summed E-state index contributed by atoms with van der Waals surface area (Å²) in [6.45, 7) is 5.41. The van der Waals surface area contributed by atoms with Crippen molar-refractivity contribution in [2.24, 2.45) is 0 Å². The van der Waals surface area contributed by atoms with Crippen molar-refractivity contribution in [3.05, 3.63) is 12.5 Å². The number of rotatable bonds is 4. The summed E-state index contributed by atoms with van der Waals surface area (Å²) in [5.41, 5.74) is -3.18. The highest BCUT2D eigenvalue weighted by molar-refractivity contribution is 5.86. The first-order valence-corrected chi connectivity index (χ1v) is 8.17. The molecule has 1 aliphatic rings. The summed E-state index contributed by atoms with van der Waals surface area (Å²) in [5, 5.41) is 17.6. The maximum absolute atomic E-state index is 13.3. The fourth-order valence-electron chi connectivity index (χ4n) is 3.43. The van der Waals surface area contributed by atoms with Gasteiger partial charge in [0.05, 0.1) is 29.3 Å². The fourth-order valence-corrected chi connectivity index (χ4v) is 3.43. The van der Waals surface area contributed by atoms with E-state index in [0.717, 1.165) is 7.11 Å². The first-order valence-electron chi connectivity index (χ1n) is 8.17. The average molecular weight is 373 g/mol. The summed E-state index contributed by atoms with van der Waals surface area (Å²) in [7, 11) is 1.03. The molecule has 2 heterocycles. The summed E-state index contributed by atoms with van der Waals surface area (Å²) in [5.74, 6) is 0.339. The van der Waals surface area contributed by atoms with Crippen LogP contribution in [-0.4, -0.2) is 55.9 Å². The molecule has 0 aliphatic heterocycles. The van der Waals surface area contributed by atoms with Gasteiger partial charge in [-0.25, -0.2) is 14.6 Å². The van der Waals surface area contributed by atoms with Gasteiger partial charge in [-0.15, -0.1) is 0 Å². The van der Waals surface area contributed by atoms with Crippen molar-refractivity contribution in [2.45, 2.75) is 56.5 Å². The zero-order valence-corrected chi connectivity index (χ0v) is 15.1. The number of methoxy groups -OCH3 is 1. The number of ether oxygens (including phenoxy) is 1. The van der Waals surface area contributed by atoms with Gasteiger partial charge in [0.15, 0.2) is 11.2 Å². The molecule has 144 valence electrons. The molecule has 2 aromatic heterocycles. The lowest BCUT2D eigenvalue weighted by Gasteiger charge is -2.55. The van der Waals surface area contributed by atoms with E-state index < -0.39 is 36.8 Å². The molecule has 0 aromatic carbocycles. The second-order valence-corrected chi connectivity index (χ2v) is 7.80. The normalized spacial score (nSPS) is 26.8. The number of hydrogen-bond acceptors (Lipinski definition) is 6. The van der Waals surface area contributed by atoms with Gasteiger partial charge in [-0.05, 0) is 20.8 Å². The Kier molecular flexibility index (Phi) is 4.19. The van der Waals surface area contributed by atoms with Crippen LogP contribution in [0, 0.1) is 0 Å². The Morgan fingerprint density at radius 3 is 2.42 bits per heavy atom. The number of halogens is 3. The lowest BCUT2D eigenvalue weighted by atomic mass is 9.64. The number of anilines is 1. The van der Waals surface area contributed by atoms with E-state index >= 15 is 0 Å². The Labute approximate surface area is 148 Å². The standard InChI is InChI=1S/C16H22F3N5O2/c1-13(2,3)24-12-10(5-22-24)11(20-9-21-12)23-14(8-25)6-15(7-14,26-4)16(17,18)19/h5,9,25H,6-8H2,1-4H3,(H,20,21,23). The summed E-state index contributed by atoms with van der Waals surface area (Å²) in [6.07, 6.45) is -2.43. The second kappa shape index (κ2) is 5.78. The molecule has 0 amide bonds. The summed E-state index contributed by atoms with van der Waals surface area (Å²) in [6, 6.07) is 0. The minimum atomic E-state index is -4.51. The van der Waals surface area contributed by atoms with Gasteiger partial charge in [-0.1, -0.05) is 0 Å². The van der Waals surface area contributed by atoms with E-state index in [1.165, 1.54) is 6.33 Å². The van der Waals surface area contributed by atoms with Crippen molar-refractivity contribution >= 4 is 16.9 Å². The van der Waals surface area contributed by atoms with Crippen molar-refractivity contribution in [3.63, 3.8) is 0 Å². The smallest absolute Gasteiger partial charge is 0.394 e. The summed E-state index contributed by atoms with van der Waals surface area (Å²) in [4.78, 5) is 8.38. The molecular formula is C16H22F3N5O2. The predicted molar refractivity (Wildman–Crippen MR) is 88.8 cm³/mol. The Morgan fingerprint density at radius 1 is 1.27 bits per heavy atom. The van der Waals surface area contributed by atoms with Gasteiger partial charge in [0.1, 0.15) is 12.1 Å². The van der Waals surface area contributed by atoms with Crippen LogP contribution in [0.4, 0.5) is 19.0 Å². The predicted octanol–water partition coefficient (Wildman–Crippen LogP) is 2.47. The van der Waals surface area contributed by atoms with E-state index in [4.69, 9.17) is 4.74 Å². The van der Waals surface area contributed by atoms with Crippen LogP contribution in [0.1, 0.15) is 33.6 Å². The van der Waals surface area contributed by atoms with Crippen LogP contribution in [0.15, 0.2) is 12.5 Å². The van der Waals surface area contributed by atoms with Gasteiger partial charge in [0, 0.05) is 20.0 Å². The van der Waals surface area contributed by atoms with Gasteiger partial charge < -0.3 is 15.2 Å². The molecule has 10 heteroatoms. The SMILES string of the molecule is COC1(C(F)(F)F)CC(CO)(Nc2ncnc3c2cnn3C(C)(C)C)C1. The maximum Gasteiger partial charge on any atom is 0.417 e. The first kappa shape index (κ1) is 18.8. The average Bonchev–Trinajstić information content (AvgIpc) is 2.94. The first-order chi connectivity index (χ1) is 12.0. The minimum Gasteiger partial charge on any atom is -0.394 e. The third-order valence-corrected chi connectivity index (χ3v) is 4.84. The van der Waals surface area contributed by atoms with Crippen LogP contribution in [0.25, 0.3) is 11.0 Å². The molecule has 7 nitrogen and oxygen atoms in total. The van der Waals surface area contributed by atoms with Crippen molar-refractivity contribution in [3.8, 4) is 0 Å². The molecule has 0 unspecified atom stereocenters. The van der Waals surface area contributed by atoms with Crippen LogP contribution in [0.2, 0.25) is 0 Å². The van der Waals surface area contributed by atoms with E-state index in [2.05, 4.69) is 20.4 Å². The highest BCUT2D eigenvalue weighted by atomic mass is 19.4. The van der Waals surface area contributed by atoms with Crippen LogP contribution in [0.3, 0.4) is 0 Å². The molecule has 0 bridgehead atoms. The van der Waals surface area contributed by atoms with E-state index in [1.54, 1.807) is 10.9 Å². The Bertz CT molecular complexity index is 806. The Hall–Kier alpha value is -1.94. The number of hydrogen-bond donors (Lipinski definition) is 2. The van der Waals surface area contributed by atoms with Gasteiger partial charge in [0.2, 0.25) is 0 Å². The highest BCUT2D eigenvalue weighted by Gasteiger charge is 2.68. The van der Waals surface area contributed by atoms with Crippen molar-refractivity contribution < 1.29 is 23.0 Å². The van der Waals surface area contributed by atoms with Crippen molar-refractivity contribution in [1.29, 1.82) is 0 Å². The third kappa shape index (κ3) is 2.81. The number of aliphatic hydroxyl groups excluding tert-OH is 1. The molecule has 0 radical (unpaired) electrons. The van der Waals surface area contributed by atoms with Crippen LogP contribution >= 0.6 is 0 Å². The summed E-state index contributed by atoms with van der Waals surface area (Å²) < 4.78 is 46.3. The second-order valence-electron chi connectivity index (χ2n) is 7.80. The van der Waals surface area contributed by atoms with Gasteiger partial charge >= 0.3 is 6.18 Å². The number of aliphatic hydroxyl groups is 1. The van der Waals surface area contributed by atoms with Gasteiger partial charge in [-0.2, -0.15) is 18.3 Å². The Balaban J connectivity index is 1.93. The van der Waals surface area contributed by atoms with Crippen molar-refractivity contribution in [2.75, 3.05) is 19.0 Å². The van der Waals surface area contributed by atoms with E-state index in [0.29, 0.717) is 16.9 Å². The highest BCUT2D eigenvalue weighted by Crippen LogP contribution is 2.54. The number of nitrogens with one attached hydrogen (secondary N) is 1. The molecule has 26 heavy (non-hydrogen) atoms. The maximum atomic E-state index is 13.3. The molecule has 0 atom stereocenters. The lowest BCUT2D eigenvalue weighted by Crippen LogP contribution is -2.69. The molecule has 3 rings (SSSR count). The molecule has 0 saturated heterocycles. The van der Waals surface area contributed by atoms with Crippen molar-refractivity contribution in [1.82, 2.24) is 19.7 Å². The van der Waals surface area contributed by atoms with Crippen LogP contribution in [0.5, 0.6) is 0 Å². The molecule has 2 aromatic rings. The van der Waals surface area contributed by atoms with E-state index in [9.17, 15) is 18.3 Å². The monoisotopic (exact) mass is 373 g/mol. The zero-order valence-electron chi connectivity index (χ0n) is 15.1. The number of aromatic nitrogens is 4. The lowest BCUT2D eigenvalue weighted by molar-refractivity contribution is -0.311. The number of alkyl halides is 3. The molecule has 1 aliphatic carbocycles. The van der Waals surface area contributed by atoms with Gasteiger partial charge in [0.25, 0.3) is 0 Å². The fraction of sp³-hybridized carbons (Fsp3) is 0.688. The van der Waals surface area contributed by atoms with Gasteiger partial charge in [-0.3, -0.25) is 0 Å².